The molecule has 0 radical (unpaired) electrons. The van der Waals surface area contributed by atoms with Crippen molar-refractivity contribution in [2.45, 2.75) is 12.3 Å². The van der Waals surface area contributed by atoms with E-state index in [-0.39, 0.29) is 5.82 Å². The van der Waals surface area contributed by atoms with E-state index in [1.165, 1.54) is 6.20 Å². The molecule has 0 saturated carbocycles. The molecule has 0 fully saturated rings. The van der Waals surface area contributed by atoms with Crippen LogP contribution in [-0.2, 0) is 0 Å². The van der Waals surface area contributed by atoms with Gasteiger partial charge < -0.3 is 10.6 Å². The fourth-order valence-electron chi connectivity index (χ4n) is 2.00. The number of hydrogen-bond acceptors (Lipinski definition) is 2. The summed E-state index contributed by atoms with van der Waals surface area (Å²) in [6.45, 7) is 0. The monoisotopic (exact) mass is 255 g/mol. The molecule has 1 aliphatic heterocycles. The van der Waals surface area contributed by atoms with Crippen LogP contribution in [0.2, 0.25) is 0 Å². The molecule has 7 heteroatoms. The van der Waals surface area contributed by atoms with Gasteiger partial charge in [0.15, 0.2) is 6.17 Å². The Morgan fingerprint density at radius 1 is 1.17 bits per heavy atom. The molecule has 0 bridgehead atoms. The van der Waals surface area contributed by atoms with E-state index in [4.69, 9.17) is 0 Å². The molecule has 3 rings (SSSR count). The fourth-order valence-corrected chi connectivity index (χ4v) is 2.00. The van der Waals surface area contributed by atoms with Crippen molar-refractivity contribution in [2.24, 2.45) is 0 Å². The van der Waals surface area contributed by atoms with Gasteiger partial charge in [-0.25, -0.2) is 4.79 Å². The summed E-state index contributed by atoms with van der Waals surface area (Å²) in [6, 6.07) is 6.08. The van der Waals surface area contributed by atoms with Crippen LogP contribution in [0.1, 0.15) is 0 Å². The first-order chi connectivity index (χ1) is 8.47. The van der Waals surface area contributed by atoms with E-state index in [0.29, 0.717) is 10.8 Å². The van der Waals surface area contributed by atoms with Crippen LogP contribution in [0.25, 0.3) is 10.8 Å². The molecule has 0 saturated heterocycles. The van der Waals surface area contributed by atoms with Crippen molar-refractivity contribution >= 4 is 22.6 Å². The highest BCUT2D eigenvalue weighted by molar-refractivity contribution is 6.00. The summed E-state index contributed by atoms with van der Waals surface area (Å²) in [4.78, 5) is 11.6. The number of aromatic nitrogens is 1. The van der Waals surface area contributed by atoms with Crippen molar-refractivity contribution in [3.63, 3.8) is 0 Å². The zero-order chi connectivity index (χ0) is 12.9. The molecule has 4 nitrogen and oxygen atoms in total. The highest BCUT2D eigenvalue weighted by Crippen LogP contribution is 2.31. The van der Waals surface area contributed by atoms with Crippen molar-refractivity contribution in [1.29, 1.82) is 0 Å². The Hall–Kier alpha value is -2.18. The SMILES string of the molecule is O=C1NC(C(F)(F)F)Nc2c3ccccc3cn21. The van der Waals surface area contributed by atoms with E-state index in [1.807, 2.05) is 5.32 Å². The van der Waals surface area contributed by atoms with E-state index in [0.717, 1.165) is 4.57 Å². The van der Waals surface area contributed by atoms with Crippen molar-refractivity contribution in [2.75, 3.05) is 5.32 Å². The smallest absolute Gasteiger partial charge is 0.343 e. The maximum atomic E-state index is 12.6. The van der Waals surface area contributed by atoms with E-state index < -0.39 is 18.4 Å². The number of halogens is 3. The maximum Gasteiger partial charge on any atom is 0.427 e. The Bertz CT molecular complexity index is 632. The third-order valence-corrected chi connectivity index (χ3v) is 2.82. The number of hydrogen-bond donors (Lipinski definition) is 2. The number of amides is 1. The van der Waals surface area contributed by atoms with Gasteiger partial charge in [-0.1, -0.05) is 24.3 Å². The topological polar surface area (TPSA) is 46.1 Å². The fraction of sp³-hybridized carbons (Fsp3) is 0.182. The zero-order valence-corrected chi connectivity index (χ0v) is 8.95. The van der Waals surface area contributed by atoms with Crippen LogP contribution in [0, 0.1) is 0 Å². The molecule has 0 aliphatic carbocycles. The predicted octanol–water partition coefficient (Wildman–Crippen LogP) is 2.51. The van der Waals surface area contributed by atoms with Crippen LogP contribution in [0.4, 0.5) is 23.8 Å². The van der Waals surface area contributed by atoms with Crippen LogP contribution < -0.4 is 10.6 Å². The number of nitrogens with one attached hydrogen (secondary N) is 2. The Labute approximate surface area is 99.4 Å². The van der Waals surface area contributed by atoms with Crippen molar-refractivity contribution in [1.82, 2.24) is 9.88 Å². The van der Waals surface area contributed by atoms with E-state index in [2.05, 4.69) is 5.32 Å². The largest absolute Gasteiger partial charge is 0.427 e. The number of nitrogens with zero attached hydrogens (tertiary/aromatic N) is 1. The molecule has 1 atom stereocenters. The average molecular weight is 255 g/mol. The zero-order valence-electron chi connectivity index (χ0n) is 8.95. The van der Waals surface area contributed by atoms with Gasteiger partial charge in [0.25, 0.3) is 0 Å². The number of anilines is 1. The summed E-state index contributed by atoms with van der Waals surface area (Å²) < 4.78 is 39.0. The number of fused-ring (bicyclic) bond motifs is 3. The van der Waals surface area contributed by atoms with Crippen molar-refractivity contribution < 1.29 is 18.0 Å². The van der Waals surface area contributed by atoms with Gasteiger partial charge in [-0.15, -0.1) is 0 Å². The van der Waals surface area contributed by atoms with Crippen LogP contribution in [-0.4, -0.2) is 22.9 Å². The summed E-state index contributed by atoms with van der Waals surface area (Å²) in [6.07, 6.45) is -5.10. The van der Waals surface area contributed by atoms with Crippen molar-refractivity contribution in [3.8, 4) is 0 Å². The minimum atomic E-state index is -4.54. The number of benzene rings is 1. The summed E-state index contributed by atoms with van der Waals surface area (Å²) in [5, 5.41) is 5.45. The van der Waals surface area contributed by atoms with E-state index >= 15 is 0 Å². The minimum Gasteiger partial charge on any atom is -0.343 e. The van der Waals surface area contributed by atoms with Gasteiger partial charge in [-0.2, -0.15) is 13.2 Å². The van der Waals surface area contributed by atoms with Gasteiger partial charge >= 0.3 is 12.2 Å². The van der Waals surface area contributed by atoms with Crippen LogP contribution in [0.3, 0.4) is 0 Å². The normalized spacial score (nSPS) is 19.3. The van der Waals surface area contributed by atoms with Gasteiger partial charge in [-0.3, -0.25) is 4.57 Å². The number of carbonyl (C=O) groups excluding carboxylic acids is 1. The Morgan fingerprint density at radius 2 is 1.89 bits per heavy atom. The maximum absolute atomic E-state index is 12.6. The van der Waals surface area contributed by atoms with E-state index in [9.17, 15) is 18.0 Å². The minimum absolute atomic E-state index is 0.164. The van der Waals surface area contributed by atoms with Gasteiger partial charge in [0.05, 0.1) is 0 Å². The lowest BCUT2D eigenvalue weighted by molar-refractivity contribution is -0.147. The summed E-state index contributed by atoms with van der Waals surface area (Å²) in [5.74, 6) is 0.164. The van der Waals surface area contributed by atoms with Crippen LogP contribution in [0.15, 0.2) is 30.5 Å². The second-order valence-corrected chi connectivity index (χ2v) is 4.00. The summed E-state index contributed by atoms with van der Waals surface area (Å²) in [5.41, 5.74) is 0. The van der Waals surface area contributed by atoms with Crippen LogP contribution in [0.5, 0.6) is 0 Å². The summed E-state index contributed by atoms with van der Waals surface area (Å²) >= 11 is 0. The standard InChI is InChI=1S/C11H8F3N3O/c12-11(13,14)9-15-8-7-4-2-1-3-6(7)5-17(8)10(18)16-9/h1-5,9,15H,(H,16,18). The first kappa shape index (κ1) is 10.9. The lowest BCUT2D eigenvalue weighted by atomic mass is 10.2. The molecule has 1 aliphatic rings. The third-order valence-electron chi connectivity index (χ3n) is 2.82. The quantitative estimate of drug-likeness (QED) is 0.759. The van der Waals surface area contributed by atoms with Gasteiger partial charge in [-0.05, 0) is 0 Å². The molecule has 0 spiro atoms. The number of carbonyl (C=O) groups is 1. The molecule has 2 heterocycles. The lowest BCUT2D eigenvalue weighted by Gasteiger charge is -2.28. The second kappa shape index (κ2) is 3.41. The molecule has 1 amide bonds. The first-order valence-corrected chi connectivity index (χ1v) is 5.21. The number of alkyl halides is 3. The molecule has 1 aromatic heterocycles. The summed E-state index contributed by atoms with van der Waals surface area (Å²) in [7, 11) is 0. The molecule has 94 valence electrons. The molecule has 1 aromatic carbocycles. The number of rotatable bonds is 0. The predicted molar refractivity (Wildman–Crippen MR) is 59.3 cm³/mol. The Kier molecular flexibility index (Phi) is 2.07. The van der Waals surface area contributed by atoms with Crippen LogP contribution >= 0.6 is 0 Å². The Morgan fingerprint density at radius 3 is 2.61 bits per heavy atom. The highest BCUT2D eigenvalue weighted by Gasteiger charge is 2.44. The van der Waals surface area contributed by atoms with Crippen molar-refractivity contribution in [3.05, 3.63) is 30.5 Å². The van der Waals surface area contributed by atoms with Gasteiger partial charge in [0.2, 0.25) is 0 Å². The molecule has 2 aromatic rings. The highest BCUT2D eigenvalue weighted by atomic mass is 19.4. The second-order valence-electron chi connectivity index (χ2n) is 4.00. The Balaban J connectivity index is 2.15. The van der Waals surface area contributed by atoms with Gasteiger partial charge in [0, 0.05) is 17.0 Å². The molecular weight excluding hydrogens is 247 g/mol. The van der Waals surface area contributed by atoms with Gasteiger partial charge in [0.1, 0.15) is 5.82 Å². The third kappa shape index (κ3) is 1.51. The molecule has 18 heavy (non-hydrogen) atoms. The molecular formula is C11H8F3N3O. The molecule has 2 N–H and O–H groups in total. The molecule has 1 unspecified atom stereocenters. The first-order valence-electron chi connectivity index (χ1n) is 5.21. The van der Waals surface area contributed by atoms with E-state index in [1.54, 1.807) is 24.3 Å². The lowest BCUT2D eigenvalue weighted by Crippen LogP contribution is -2.55. The average Bonchev–Trinajstić information content (AvgIpc) is 2.67.